The van der Waals surface area contributed by atoms with E-state index in [-0.39, 0.29) is 17.7 Å². The van der Waals surface area contributed by atoms with Crippen LogP contribution >= 0.6 is 0 Å². The lowest BCUT2D eigenvalue weighted by molar-refractivity contribution is -0.142. The van der Waals surface area contributed by atoms with Gasteiger partial charge in [0.15, 0.2) is 0 Å². The summed E-state index contributed by atoms with van der Waals surface area (Å²) in [6.07, 6.45) is 0. The lowest BCUT2D eigenvalue weighted by Gasteiger charge is -2.17. The van der Waals surface area contributed by atoms with E-state index < -0.39 is 12.0 Å². The third-order valence-corrected chi connectivity index (χ3v) is 2.14. The molecule has 76 valence electrons. The van der Waals surface area contributed by atoms with Crippen molar-refractivity contribution >= 4 is 11.9 Å². The standard InChI is InChI=1S/C9H17NO3/c1-5(2)6(3)8(11)10-7(4)9(12)13/h5-7H,1-4H3,(H,10,11)(H,12,13)/t6?,7-/m1/s1. The van der Waals surface area contributed by atoms with E-state index in [4.69, 9.17) is 5.11 Å². The zero-order valence-electron chi connectivity index (χ0n) is 8.50. The third kappa shape index (κ3) is 3.92. The Balaban J connectivity index is 4.08. The monoisotopic (exact) mass is 187 g/mol. The molecule has 0 radical (unpaired) electrons. The first-order chi connectivity index (χ1) is 5.86. The van der Waals surface area contributed by atoms with Crippen molar-refractivity contribution in [1.29, 1.82) is 0 Å². The van der Waals surface area contributed by atoms with Gasteiger partial charge in [0.05, 0.1) is 0 Å². The lowest BCUT2D eigenvalue weighted by atomic mass is 9.97. The van der Waals surface area contributed by atoms with Gasteiger partial charge in [-0.25, -0.2) is 0 Å². The Morgan fingerprint density at radius 2 is 1.62 bits per heavy atom. The minimum Gasteiger partial charge on any atom is -0.480 e. The van der Waals surface area contributed by atoms with Gasteiger partial charge in [-0.1, -0.05) is 20.8 Å². The number of carboxylic acid groups (broad SMARTS) is 1. The van der Waals surface area contributed by atoms with Crippen LogP contribution in [0.5, 0.6) is 0 Å². The molecule has 0 aliphatic carbocycles. The van der Waals surface area contributed by atoms with Crippen LogP contribution in [0.4, 0.5) is 0 Å². The summed E-state index contributed by atoms with van der Waals surface area (Å²) in [6.45, 7) is 7.09. The van der Waals surface area contributed by atoms with E-state index >= 15 is 0 Å². The molecule has 2 N–H and O–H groups in total. The topological polar surface area (TPSA) is 66.4 Å². The molecule has 0 bridgehead atoms. The Hall–Kier alpha value is -1.06. The molecule has 1 amide bonds. The molecule has 0 rings (SSSR count). The maximum Gasteiger partial charge on any atom is 0.325 e. The molecule has 1 unspecified atom stereocenters. The van der Waals surface area contributed by atoms with Gasteiger partial charge in [0.1, 0.15) is 6.04 Å². The zero-order valence-corrected chi connectivity index (χ0v) is 8.50. The third-order valence-electron chi connectivity index (χ3n) is 2.14. The highest BCUT2D eigenvalue weighted by Crippen LogP contribution is 2.09. The maximum atomic E-state index is 11.3. The minimum absolute atomic E-state index is 0.151. The normalized spacial score (nSPS) is 15.2. The molecule has 4 heteroatoms. The van der Waals surface area contributed by atoms with Crippen molar-refractivity contribution in [3.8, 4) is 0 Å². The van der Waals surface area contributed by atoms with E-state index in [1.165, 1.54) is 6.92 Å². The highest BCUT2D eigenvalue weighted by atomic mass is 16.4. The lowest BCUT2D eigenvalue weighted by Crippen LogP contribution is -2.42. The molecule has 0 aliphatic heterocycles. The van der Waals surface area contributed by atoms with Gasteiger partial charge >= 0.3 is 5.97 Å². The Morgan fingerprint density at radius 3 is 1.92 bits per heavy atom. The first-order valence-corrected chi connectivity index (χ1v) is 4.39. The fourth-order valence-electron chi connectivity index (χ4n) is 0.709. The molecule has 0 heterocycles. The number of carbonyl (C=O) groups excluding carboxylic acids is 1. The maximum absolute atomic E-state index is 11.3. The number of carbonyl (C=O) groups is 2. The van der Waals surface area contributed by atoms with Gasteiger partial charge in [0, 0.05) is 5.92 Å². The summed E-state index contributed by atoms with van der Waals surface area (Å²) in [5, 5.41) is 11.0. The van der Waals surface area contributed by atoms with Gasteiger partial charge in [-0.05, 0) is 12.8 Å². The van der Waals surface area contributed by atoms with Crippen molar-refractivity contribution < 1.29 is 14.7 Å². The van der Waals surface area contributed by atoms with Gasteiger partial charge in [0.2, 0.25) is 5.91 Å². The fraction of sp³-hybridized carbons (Fsp3) is 0.778. The molecule has 0 aromatic carbocycles. The van der Waals surface area contributed by atoms with Crippen LogP contribution < -0.4 is 5.32 Å². The fourth-order valence-corrected chi connectivity index (χ4v) is 0.709. The first-order valence-electron chi connectivity index (χ1n) is 4.39. The molecular formula is C9H17NO3. The molecule has 0 aliphatic rings. The van der Waals surface area contributed by atoms with Crippen molar-refractivity contribution in [3.63, 3.8) is 0 Å². The van der Waals surface area contributed by atoms with E-state index in [0.717, 1.165) is 0 Å². The van der Waals surface area contributed by atoms with Gasteiger partial charge < -0.3 is 10.4 Å². The predicted molar refractivity (Wildman–Crippen MR) is 49.2 cm³/mol. The Kier molecular flexibility index (Phi) is 4.45. The van der Waals surface area contributed by atoms with Crippen molar-refractivity contribution in [2.24, 2.45) is 11.8 Å². The summed E-state index contributed by atoms with van der Waals surface area (Å²) in [7, 11) is 0. The number of rotatable bonds is 4. The number of amides is 1. The highest BCUT2D eigenvalue weighted by Gasteiger charge is 2.20. The number of hydrogen-bond donors (Lipinski definition) is 2. The second kappa shape index (κ2) is 4.84. The van der Waals surface area contributed by atoms with Gasteiger partial charge in [-0.15, -0.1) is 0 Å². The van der Waals surface area contributed by atoms with E-state index in [1.54, 1.807) is 6.92 Å². The molecule has 0 saturated heterocycles. The van der Waals surface area contributed by atoms with E-state index in [9.17, 15) is 9.59 Å². The smallest absolute Gasteiger partial charge is 0.325 e. The molecular weight excluding hydrogens is 170 g/mol. The second-order valence-electron chi connectivity index (χ2n) is 3.60. The van der Waals surface area contributed by atoms with Crippen LogP contribution in [0.15, 0.2) is 0 Å². The van der Waals surface area contributed by atoms with Crippen LogP contribution in [-0.4, -0.2) is 23.0 Å². The molecule has 0 spiro atoms. The number of nitrogens with one attached hydrogen (secondary N) is 1. The van der Waals surface area contributed by atoms with Crippen LogP contribution in [0.25, 0.3) is 0 Å². The summed E-state index contributed by atoms with van der Waals surface area (Å²) < 4.78 is 0. The van der Waals surface area contributed by atoms with Crippen LogP contribution in [0, 0.1) is 11.8 Å². The van der Waals surface area contributed by atoms with Gasteiger partial charge in [-0.3, -0.25) is 9.59 Å². The molecule has 13 heavy (non-hydrogen) atoms. The zero-order chi connectivity index (χ0) is 10.6. The number of aliphatic carboxylic acids is 1. The van der Waals surface area contributed by atoms with Crippen LogP contribution in [-0.2, 0) is 9.59 Å². The Labute approximate surface area is 78.3 Å². The van der Waals surface area contributed by atoms with E-state index in [2.05, 4.69) is 5.32 Å². The molecule has 0 fully saturated rings. The van der Waals surface area contributed by atoms with Gasteiger partial charge in [0.25, 0.3) is 0 Å². The molecule has 0 aromatic heterocycles. The second-order valence-corrected chi connectivity index (χ2v) is 3.60. The van der Waals surface area contributed by atoms with E-state index in [0.29, 0.717) is 0 Å². The van der Waals surface area contributed by atoms with Crippen LogP contribution in [0.2, 0.25) is 0 Å². The predicted octanol–water partition coefficient (Wildman–Crippen LogP) is 0.868. The van der Waals surface area contributed by atoms with Crippen molar-refractivity contribution in [3.05, 3.63) is 0 Å². The molecule has 2 atom stereocenters. The Bertz CT molecular complexity index is 201. The summed E-state index contributed by atoms with van der Waals surface area (Å²) in [5.41, 5.74) is 0. The minimum atomic E-state index is -1.01. The van der Waals surface area contributed by atoms with Crippen molar-refractivity contribution in [2.75, 3.05) is 0 Å². The molecule has 4 nitrogen and oxygen atoms in total. The average Bonchev–Trinajstić information content (AvgIpc) is 2.02. The van der Waals surface area contributed by atoms with Crippen molar-refractivity contribution in [1.82, 2.24) is 5.32 Å². The first kappa shape index (κ1) is 11.9. The summed E-state index contributed by atoms with van der Waals surface area (Å²) in [5.74, 6) is -1.14. The summed E-state index contributed by atoms with van der Waals surface area (Å²) in [6, 6.07) is -0.811. The van der Waals surface area contributed by atoms with Crippen LogP contribution in [0.1, 0.15) is 27.7 Å². The number of carboxylic acids is 1. The molecule has 0 saturated carbocycles. The van der Waals surface area contributed by atoms with Crippen LogP contribution in [0.3, 0.4) is 0 Å². The number of hydrogen-bond acceptors (Lipinski definition) is 2. The average molecular weight is 187 g/mol. The van der Waals surface area contributed by atoms with Crippen molar-refractivity contribution in [2.45, 2.75) is 33.7 Å². The van der Waals surface area contributed by atoms with Gasteiger partial charge in [-0.2, -0.15) is 0 Å². The van der Waals surface area contributed by atoms with E-state index in [1.807, 2.05) is 13.8 Å². The largest absolute Gasteiger partial charge is 0.480 e. The summed E-state index contributed by atoms with van der Waals surface area (Å²) >= 11 is 0. The highest BCUT2D eigenvalue weighted by molar-refractivity contribution is 5.84. The quantitative estimate of drug-likeness (QED) is 0.686. The molecule has 0 aromatic rings. The Morgan fingerprint density at radius 1 is 1.15 bits per heavy atom. The summed E-state index contributed by atoms with van der Waals surface area (Å²) in [4.78, 5) is 21.7. The SMILES string of the molecule is CC(C)C(C)C(=O)N[C@H](C)C(=O)O.